The van der Waals surface area contributed by atoms with E-state index in [9.17, 15) is 45.6 Å². The van der Waals surface area contributed by atoms with Crippen molar-refractivity contribution in [1.82, 2.24) is 5.32 Å². The lowest BCUT2D eigenvalue weighted by Crippen LogP contribution is -2.65. The quantitative estimate of drug-likeness (QED) is 0.0204. The number of hydrogen-bond donors (Lipinski definition) is 9. The normalized spacial score (nSPS) is 24.2. The number of carbonyl (C=O) groups excluding carboxylic acids is 1. The largest absolute Gasteiger partial charge is 0.394 e. The summed E-state index contributed by atoms with van der Waals surface area (Å²) in [7, 11) is 0. The first-order valence-electron chi connectivity index (χ1n) is 33.9. The third-order valence-electron chi connectivity index (χ3n) is 16.4. The van der Waals surface area contributed by atoms with Gasteiger partial charge in [-0.2, -0.15) is 0 Å². The van der Waals surface area contributed by atoms with Crippen molar-refractivity contribution < 1.29 is 64.6 Å². The lowest BCUT2D eigenvalue weighted by Gasteiger charge is -2.46. The van der Waals surface area contributed by atoms with E-state index in [1.165, 1.54) is 199 Å². The summed E-state index contributed by atoms with van der Waals surface area (Å²) in [5, 5.41) is 87.0. The highest BCUT2D eigenvalue weighted by atomic mass is 16.7. The first-order chi connectivity index (χ1) is 40.1. The number of ether oxygens (including phenoxy) is 4. The highest BCUT2D eigenvalue weighted by Crippen LogP contribution is 2.30. The van der Waals surface area contributed by atoms with Crippen molar-refractivity contribution in [2.24, 2.45) is 0 Å². The van der Waals surface area contributed by atoms with Gasteiger partial charge >= 0.3 is 0 Å². The van der Waals surface area contributed by atoms with Crippen LogP contribution in [0.1, 0.15) is 284 Å². The second-order valence-corrected chi connectivity index (χ2v) is 23.9. The van der Waals surface area contributed by atoms with Crippen molar-refractivity contribution in [3.8, 4) is 0 Å². The fourth-order valence-corrected chi connectivity index (χ4v) is 11.0. The molecule has 2 aliphatic rings. The van der Waals surface area contributed by atoms with Crippen LogP contribution in [-0.4, -0.2) is 140 Å². The van der Waals surface area contributed by atoms with Gasteiger partial charge < -0.3 is 65.1 Å². The van der Waals surface area contributed by atoms with Crippen molar-refractivity contribution in [2.75, 3.05) is 19.8 Å². The van der Waals surface area contributed by atoms with Gasteiger partial charge in [-0.05, 0) is 64.2 Å². The Morgan fingerprint density at radius 1 is 0.427 bits per heavy atom. The molecule has 1 amide bonds. The molecule has 0 aromatic heterocycles. The van der Waals surface area contributed by atoms with Crippen LogP contribution >= 0.6 is 0 Å². The zero-order chi connectivity index (χ0) is 59.5. The smallest absolute Gasteiger partial charge is 0.220 e. The van der Waals surface area contributed by atoms with E-state index < -0.39 is 86.8 Å². The summed E-state index contributed by atoms with van der Waals surface area (Å²) in [4.78, 5) is 13.2. The molecule has 0 bridgehead atoms. The highest BCUT2D eigenvalue weighted by molar-refractivity contribution is 5.76. The van der Waals surface area contributed by atoms with Gasteiger partial charge in [0, 0.05) is 6.42 Å². The van der Waals surface area contributed by atoms with Gasteiger partial charge in [0.05, 0.1) is 32.0 Å². The number of unbranched alkanes of at least 4 members (excludes halogenated alkanes) is 36. The molecule has 82 heavy (non-hydrogen) atoms. The maximum absolute atomic E-state index is 13.2. The number of nitrogens with one attached hydrogen (secondary N) is 1. The van der Waals surface area contributed by atoms with Gasteiger partial charge in [0.15, 0.2) is 12.6 Å². The Labute approximate surface area is 499 Å². The molecule has 9 N–H and O–H groups in total. The number of aliphatic hydroxyl groups is 8. The van der Waals surface area contributed by atoms with Crippen LogP contribution in [0.3, 0.4) is 0 Å². The van der Waals surface area contributed by atoms with Crippen LogP contribution in [0.2, 0.25) is 0 Å². The zero-order valence-corrected chi connectivity index (χ0v) is 52.0. The predicted molar refractivity (Wildman–Crippen MR) is 332 cm³/mol. The van der Waals surface area contributed by atoms with Crippen molar-refractivity contribution in [3.63, 3.8) is 0 Å². The average molecular weight is 1160 g/mol. The summed E-state index contributed by atoms with van der Waals surface area (Å²) in [6.07, 6.45) is 52.2. The molecule has 14 heteroatoms. The molecule has 0 aromatic carbocycles. The lowest BCUT2D eigenvalue weighted by atomic mass is 9.97. The monoisotopic (exact) mass is 1160 g/mol. The molecule has 480 valence electrons. The topological polar surface area (TPSA) is 228 Å². The second-order valence-electron chi connectivity index (χ2n) is 23.9. The minimum atomic E-state index is -1.79. The number of rotatable bonds is 55. The molecule has 0 aromatic rings. The van der Waals surface area contributed by atoms with Crippen LogP contribution in [0.15, 0.2) is 48.6 Å². The summed E-state index contributed by atoms with van der Waals surface area (Å²) < 4.78 is 22.7. The summed E-state index contributed by atoms with van der Waals surface area (Å²) in [6, 6.07) is -0.936. The molecular formula is C68H125NO13. The highest BCUT2D eigenvalue weighted by Gasteiger charge is 2.51. The standard InChI is InChI=1S/C68H125NO13/c1-3-5-7-9-11-13-15-16-17-18-19-20-21-22-23-24-25-26-27-28-29-30-31-32-33-34-35-36-37-38-39-40-42-44-46-48-50-52-60(73)69-56(57(72)51-49-47-45-43-41-14-12-10-8-6-4-2)55-79-67-65(78)63(76)66(59(54-71)81-67)82-68-64(77)62(75)61(74)58(53-70)80-68/h8,10,18-19,41,43,49,51,56-59,61-68,70-72,74-78H,3-7,9,11-17,20-40,42,44-48,50,52-55H2,1-2H3,(H,69,73)/b10-8+,19-18-,43-41+,51-49+. The van der Waals surface area contributed by atoms with E-state index in [1.807, 2.05) is 6.08 Å². The Morgan fingerprint density at radius 2 is 0.805 bits per heavy atom. The van der Waals surface area contributed by atoms with E-state index in [-0.39, 0.29) is 18.9 Å². The van der Waals surface area contributed by atoms with Gasteiger partial charge in [0.2, 0.25) is 5.91 Å². The lowest BCUT2D eigenvalue weighted by molar-refractivity contribution is -0.359. The number of aliphatic hydroxyl groups excluding tert-OH is 8. The van der Waals surface area contributed by atoms with Crippen LogP contribution < -0.4 is 5.32 Å². The van der Waals surface area contributed by atoms with E-state index >= 15 is 0 Å². The molecular weight excluding hydrogens is 1040 g/mol. The molecule has 14 nitrogen and oxygen atoms in total. The molecule has 2 aliphatic heterocycles. The first kappa shape index (κ1) is 76.0. The molecule has 2 fully saturated rings. The number of allylic oxidation sites excluding steroid dienone is 7. The molecule has 2 rings (SSSR count). The Hall–Kier alpha value is -2.05. The van der Waals surface area contributed by atoms with Crippen LogP contribution in [-0.2, 0) is 23.7 Å². The minimum absolute atomic E-state index is 0.251. The van der Waals surface area contributed by atoms with Crippen LogP contribution in [0.5, 0.6) is 0 Å². The Kier molecular flexibility index (Phi) is 49.3. The van der Waals surface area contributed by atoms with Crippen molar-refractivity contribution in [1.29, 1.82) is 0 Å². The summed E-state index contributed by atoms with van der Waals surface area (Å²) in [5.74, 6) is -0.251. The van der Waals surface area contributed by atoms with E-state index in [0.717, 1.165) is 51.4 Å². The van der Waals surface area contributed by atoms with Crippen LogP contribution in [0.25, 0.3) is 0 Å². The summed E-state index contributed by atoms with van der Waals surface area (Å²) >= 11 is 0. The van der Waals surface area contributed by atoms with Gasteiger partial charge in [-0.1, -0.05) is 262 Å². The second kappa shape index (κ2) is 53.2. The number of amides is 1. The molecule has 0 saturated carbocycles. The van der Waals surface area contributed by atoms with E-state index in [1.54, 1.807) is 6.08 Å². The zero-order valence-electron chi connectivity index (χ0n) is 52.0. The summed E-state index contributed by atoms with van der Waals surface area (Å²) in [5.41, 5.74) is 0. The molecule has 2 heterocycles. The Bertz CT molecular complexity index is 1560. The molecule has 12 atom stereocenters. The van der Waals surface area contributed by atoms with Gasteiger partial charge in [-0.3, -0.25) is 4.79 Å². The van der Waals surface area contributed by atoms with Gasteiger partial charge in [-0.15, -0.1) is 0 Å². The SMILES string of the molecule is CCC/C=C/CC/C=C/CC/C=C/C(O)C(COC1OC(CO)C(OC2OC(CO)C(O)C(O)C2O)C(O)C1O)NC(=O)CCCCCCCCCCCCCCCCCCCCCCCCCCC/C=C\CCCCCCCCCC. The fourth-order valence-electron chi connectivity index (χ4n) is 11.0. The molecule has 0 radical (unpaired) electrons. The van der Waals surface area contributed by atoms with Gasteiger partial charge in [0.25, 0.3) is 0 Å². The predicted octanol–water partition coefficient (Wildman–Crippen LogP) is 13.1. The van der Waals surface area contributed by atoms with Gasteiger partial charge in [-0.25, -0.2) is 0 Å². The molecule has 0 aliphatic carbocycles. The van der Waals surface area contributed by atoms with Crippen molar-refractivity contribution in [2.45, 2.75) is 357 Å². The van der Waals surface area contributed by atoms with Crippen LogP contribution in [0.4, 0.5) is 0 Å². The molecule has 2 saturated heterocycles. The molecule has 0 spiro atoms. The maximum Gasteiger partial charge on any atom is 0.220 e. The van der Waals surface area contributed by atoms with Crippen molar-refractivity contribution >= 4 is 5.91 Å². The Morgan fingerprint density at radius 3 is 1.24 bits per heavy atom. The Balaban J connectivity index is 1.55. The minimum Gasteiger partial charge on any atom is -0.394 e. The third-order valence-corrected chi connectivity index (χ3v) is 16.4. The van der Waals surface area contributed by atoms with E-state index in [4.69, 9.17) is 18.9 Å². The van der Waals surface area contributed by atoms with Crippen molar-refractivity contribution in [3.05, 3.63) is 48.6 Å². The average Bonchev–Trinajstić information content (AvgIpc) is 3.62. The number of hydrogen-bond acceptors (Lipinski definition) is 13. The maximum atomic E-state index is 13.2. The van der Waals surface area contributed by atoms with E-state index in [2.05, 4.69) is 55.6 Å². The van der Waals surface area contributed by atoms with Crippen LogP contribution in [0, 0.1) is 0 Å². The van der Waals surface area contributed by atoms with Gasteiger partial charge in [0.1, 0.15) is 48.8 Å². The third kappa shape index (κ3) is 37.5. The fraction of sp³-hybridized carbons (Fsp3) is 0.868. The molecule has 12 unspecified atom stereocenters. The summed E-state index contributed by atoms with van der Waals surface area (Å²) in [6.45, 7) is 2.71. The number of carbonyl (C=O) groups is 1. The van der Waals surface area contributed by atoms with E-state index in [0.29, 0.717) is 12.8 Å². The first-order valence-corrected chi connectivity index (χ1v) is 33.9.